The van der Waals surface area contributed by atoms with Gasteiger partial charge in [-0.25, -0.2) is 4.98 Å². The highest BCUT2D eigenvalue weighted by Crippen LogP contribution is 2.26. The zero-order chi connectivity index (χ0) is 17.2. The Bertz CT molecular complexity index is 793. The van der Waals surface area contributed by atoms with Crippen molar-refractivity contribution >= 4 is 11.7 Å². The van der Waals surface area contributed by atoms with Gasteiger partial charge in [-0.3, -0.25) is 9.78 Å². The molecule has 1 aromatic carbocycles. The van der Waals surface area contributed by atoms with Gasteiger partial charge in [-0.05, 0) is 48.9 Å². The van der Waals surface area contributed by atoms with Crippen molar-refractivity contribution in [3.8, 4) is 0 Å². The molecule has 1 aliphatic heterocycles. The Kier molecular flexibility index (Phi) is 4.36. The number of aryl methyl sites for hydroxylation is 2. The zero-order valence-corrected chi connectivity index (χ0v) is 14.1. The molecule has 1 saturated heterocycles. The number of nitrogens with two attached hydrogens (primary N) is 1. The number of nitrogens with zero attached hydrogens (tertiary/aromatic N) is 3. The number of rotatable bonds is 2. The van der Waals surface area contributed by atoms with Gasteiger partial charge in [-0.15, -0.1) is 0 Å². The van der Waals surface area contributed by atoms with E-state index < -0.39 is 0 Å². The van der Waals surface area contributed by atoms with Crippen LogP contribution in [0.5, 0.6) is 0 Å². The minimum atomic E-state index is -0.330. The Morgan fingerprint density at radius 2 is 1.96 bits per heavy atom. The standard InChI is InChI=1S/C19H22N4O2/c20-18-17(21-7-8-22-18)16-12-23(9-10-25-16)19(24)15-6-5-13-3-1-2-4-14(13)11-15/h5-8,11,16H,1-4,9-10,12H2,(H2,20,22)/t16-/m1/s1. The second-order valence-corrected chi connectivity index (χ2v) is 6.63. The maximum atomic E-state index is 13.0. The van der Waals surface area contributed by atoms with Crippen LogP contribution in [0, 0.1) is 0 Å². The first-order chi connectivity index (χ1) is 12.2. The Morgan fingerprint density at radius 3 is 2.80 bits per heavy atom. The predicted octanol–water partition coefficient (Wildman–Crippen LogP) is 2.15. The van der Waals surface area contributed by atoms with Gasteiger partial charge in [0, 0.05) is 24.5 Å². The zero-order valence-electron chi connectivity index (χ0n) is 14.1. The molecule has 0 unspecified atom stereocenters. The molecule has 0 bridgehead atoms. The summed E-state index contributed by atoms with van der Waals surface area (Å²) in [6, 6.07) is 6.13. The normalized spacial score (nSPS) is 20.2. The van der Waals surface area contributed by atoms with Gasteiger partial charge in [0.1, 0.15) is 17.6 Å². The molecule has 0 radical (unpaired) electrons. The summed E-state index contributed by atoms with van der Waals surface area (Å²) >= 11 is 0. The highest BCUT2D eigenvalue weighted by atomic mass is 16.5. The number of carbonyl (C=O) groups is 1. The molecule has 2 N–H and O–H groups in total. The van der Waals surface area contributed by atoms with Crippen molar-refractivity contribution in [1.82, 2.24) is 14.9 Å². The first-order valence-electron chi connectivity index (χ1n) is 8.81. The van der Waals surface area contributed by atoms with Crippen molar-refractivity contribution in [2.75, 3.05) is 25.4 Å². The summed E-state index contributed by atoms with van der Waals surface area (Å²) in [7, 11) is 0. The van der Waals surface area contributed by atoms with E-state index in [2.05, 4.69) is 22.1 Å². The van der Waals surface area contributed by atoms with E-state index in [9.17, 15) is 4.79 Å². The van der Waals surface area contributed by atoms with Gasteiger partial charge in [0.05, 0.1) is 13.2 Å². The molecular weight excluding hydrogens is 316 g/mol. The molecule has 4 rings (SSSR count). The maximum Gasteiger partial charge on any atom is 0.254 e. The Balaban J connectivity index is 1.53. The van der Waals surface area contributed by atoms with Gasteiger partial charge in [-0.2, -0.15) is 0 Å². The molecule has 0 saturated carbocycles. The Hall–Kier alpha value is -2.47. The number of amides is 1. The summed E-state index contributed by atoms with van der Waals surface area (Å²) in [6.45, 7) is 1.49. The van der Waals surface area contributed by atoms with Crippen LogP contribution in [0.4, 0.5) is 5.82 Å². The summed E-state index contributed by atoms with van der Waals surface area (Å²) in [5, 5.41) is 0. The van der Waals surface area contributed by atoms with Gasteiger partial charge in [-0.1, -0.05) is 6.07 Å². The molecule has 6 nitrogen and oxygen atoms in total. The number of hydrogen-bond donors (Lipinski definition) is 1. The highest BCUT2D eigenvalue weighted by Gasteiger charge is 2.28. The number of hydrogen-bond acceptors (Lipinski definition) is 5. The van der Waals surface area contributed by atoms with Crippen LogP contribution in [-0.2, 0) is 17.6 Å². The van der Waals surface area contributed by atoms with E-state index >= 15 is 0 Å². The van der Waals surface area contributed by atoms with Crippen LogP contribution in [0.2, 0.25) is 0 Å². The second-order valence-electron chi connectivity index (χ2n) is 6.63. The van der Waals surface area contributed by atoms with Crippen LogP contribution in [0.3, 0.4) is 0 Å². The fourth-order valence-electron chi connectivity index (χ4n) is 3.66. The molecule has 6 heteroatoms. The molecule has 130 valence electrons. The third-order valence-corrected chi connectivity index (χ3v) is 5.01. The van der Waals surface area contributed by atoms with E-state index in [-0.39, 0.29) is 12.0 Å². The molecule has 2 heterocycles. The topological polar surface area (TPSA) is 81.3 Å². The van der Waals surface area contributed by atoms with Crippen molar-refractivity contribution in [2.45, 2.75) is 31.8 Å². The van der Waals surface area contributed by atoms with Crippen molar-refractivity contribution in [3.05, 3.63) is 53.0 Å². The Labute approximate surface area is 147 Å². The number of ether oxygens (including phenoxy) is 1. The predicted molar refractivity (Wildman–Crippen MR) is 94.1 cm³/mol. The summed E-state index contributed by atoms with van der Waals surface area (Å²) < 4.78 is 5.78. The van der Waals surface area contributed by atoms with Gasteiger partial charge < -0.3 is 15.4 Å². The molecule has 1 aliphatic carbocycles. The van der Waals surface area contributed by atoms with Crippen LogP contribution in [0.15, 0.2) is 30.6 Å². The quantitative estimate of drug-likeness (QED) is 0.907. The number of anilines is 1. The molecular formula is C19H22N4O2. The maximum absolute atomic E-state index is 13.0. The lowest BCUT2D eigenvalue weighted by Crippen LogP contribution is -2.42. The average molecular weight is 338 g/mol. The molecule has 1 amide bonds. The van der Waals surface area contributed by atoms with Gasteiger partial charge >= 0.3 is 0 Å². The number of carbonyl (C=O) groups excluding carboxylic acids is 1. The van der Waals surface area contributed by atoms with E-state index in [4.69, 9.17) is 10.5 Å². The third kappa shape index (κ3) is 3.22. The lowest BCUT2D eigenvalue weighted by molar-refractivity contribution is -0.0245. The number of aromatic nitrogens is 2. The number of morpholine rings is 1. The smallest absolute Gasteiger partial charge is 0.254 e. The molecule has 25 heavy (non-hydrogen) atoms. The van der Waals surface area contributed by atoms with E-state index in [0.29, 0.717) is 31.2 Å². The van der Waals surface area contributed by atoms with Crippen molar-refractivity contribution < 1.29 is 9.53 Å². The highest BCUT2D eigenvalue weighted by molar-refractivity contribution is 5.94. The van der Waals surface area contributed by atoms with Crippen LogP contribution in [0.1, 0.15) is 46.1 Å². The Morgan fingerprint density at radius 1 is 1.16 bits per heavy atom. The molecule has 2 aliphatic rings. The fourth-order valence-corrected chi connectivity index (χ4v) is 3.66. The van der Waals surface area contributed by atoms with Crippen LogP contribution in [0.25, 0.3) is 0 Å². The molecule has 1 fully saturated rings. The molecule has 1 aromatic heterocycles. The largest absolute Gasteiger partial charge is 0.382 e. The first kappa shape index (κ1) is 16.0. The third-order valence-electron chi connectivity index (χ3n) is 5.01. The minimum absolute atomic E-state index is 0.0455. The summed E-state index contributed by atoms with van der Waals surface area (Å²) in [5.74, 6) is 0.403. The van der Waals surface area contributed by atoms with E-state index in [0.717, 1.165) is 18.4 Å². The first-order valence-corrected chi connectivity index (χ1v) is 8.81. The van der Waals surface area contributed by atoms with Crippen molar-refractivity contribution in [3.63, 3.8) is 0 Å². The number of fused-ring (bicyclic) bond motifs is 1. The second kappa shape index (κ2) is 6.80. The van der Waals surface area contributed by atoms with E-state index in [1.165, 1.54) is 24.0 Å². The van der Waals surface area contributed by atoms with E-state index in [1.807, 2.05) is 11.0 Å². The summed E-state index contributed by atoms with van der Waals surface area (Å²) in [4.78, 5) is 23.1. The van der Waals surface area contributed by atoms with Crippen LogP contribution >= 0.6 is 0 Å². The van der Waals surface area contributed by atoms with Gasteiger partial charge in [0.15, 0.2) is 0 Å². The number of benzene rings is 1. The molecule has 0 spiro atoms. The van der Waals surface area contributed by atoms with Crippen molar-refractivity contribution in [1.29, 1.82) is 0 Å². The van der Waals surface area contributed by atoms with Crippen LogP contribution in [-0.4, -0.2) is 40.5 Å². The van der Waals surface area contributed by atoms with Crippen LogP contribution < -0.4 is 5.73 Å². The lowest BCUT2D eigenvalue weighted by atomic mass is 9.90. The van der Waals surface area contributed by atoms with Crippen molar-refractivity contribution in [2.24, 2.45) is 0 Å². The summed E-state index contributed by atoms with van der Waals surface area (Å²) in [5.41, 5.74) is 9.97. The minimum Gasteiger partial charge on any atom is -0.382 e. The van der Waals surface area contributed by atoms with Gasteiger partial charge in [0.25, 0.3) is 5.91 Å². The molecule has 1 atom stereocenters. The fraction of sp³-hybridized carbons (Fsp3) is 0.421. The van der Waals surface area contributed by atoms with E-state index in [1.54, 1.807) is 12.4 Å². The average Bonchev–Trinajstić information content (AvgIpc) is 2.67. The monoisotopic (exact) mass is 338 g/mol. The lowest BCUT2D eigenvalue weighted by Gasteiger charge is -2.33. The summed E-state index contributed by atoms with van der Waals surface area (Å²) in [6.07, 6.45) is 7.45. The SMILES string of the molecule is Nc1nccnc1[C@H]1CN(C(=O)c2ccc3c(c2)CCCC3)CCO1. The molecule has 2 aromatic rings. The van der Waals surface area contributed by atoms with Gasteiger partial charge in [0.2, 0.25) is 0 Å². The number of nitrogen functional groups attached to an aromatic ring is 1.